The van der Waals surface area contributed by atoms with Crippen LogP contribution in [0.1, 0.15) is 6.42 Å². The standard InChI is InChI=1S/C13H16N2O5S/c1-20-12(16)9-11-13(17)14-7-8-15(11)21(18,19)10-5-3-2-4-6-10/h2-6,11H,7-9H2,1H3,(H,14,17)/t11-/m0/s1. The molecule has 0 bridgehead atoms. The number of ether oxygens (including phenoxy) is 1. The first-order valence-corrected chi connectivity index (χ1v) is 7.82. The van der Waals surface area contributed by atoms with Gasteiger partial charge < -0.3 is 10.1 Å². The van der Waals surface area contributed by atoms with Crippen molar-refractivity contribution >= 4 is 21.9 Å². The third-order valence-corrected chi connectivity index (χ3v) is 5.14. The van der Waals surface area contributed by atoms with Crippen LogP contribution in [0, 0.1) is 0 Å². The lowest BCUT2D eigenvalue weighted by molar-refractivity contribution is -0.144. The summed E-state index contributed by atoms with van der Waals surface area (Å²) in [5.41, 5.74) is 0. The van der Waals surface area contributed by atoms with Gasteiger partial charge in [0.1, 0.15) is 6.04 Å². The third-order valence-electron chi connectivity index (χ3n) is 3.22. The van der Waals surface area contributed by atoms with Gasteiger partial charge in [0.15, 0.2) is 0 Å². The van der Waals surface area contributed by atoms with Gasteiger partial charge in [0, 0.05) is 13.1 Å². The molecular formula is C13H16N2O5S. The van der Waals surface area contributed by atoms with E-state index >= 15 is 0 Å². The minimum atomic E-state index is -3.83. The Kier molecular flexibility index (Phi) is 4.59. The van der Waals surface area contributed by atoms with Gasteiger partial charge in [-0.1, -0.05) is 18.2 Å². The Hall–Kier alpha value is -1.93. The minimum absolute atomic E-state index is 0.0922. The topological polar surface area (TPSA) is 92.8 Å². The Labute approximate surface area is 122 Å². The summed E-state index contributed by atoms with van der Waals surface area (Å²) in [6, 6.07) is 6.73. The number of sulfonamides is 1. The van der Waals surface area contributed by atoms with E-state index in [1.165, 1.54) is 19.2 Å². The minimum Gasteiger partial charge on any atom is -0.469 e. The van der Waals surface area contributed by atoms with Gasteiger partial charge >= 0.3 is 5.97 Å². The second-order valence-corrected chi connectivity index (χ2v) is 6.41. The second kappa shape index (κ2) is 6.23. The van der Waals surface area contributed by atoms with Crippen molar-refractivity contribution in [2.45, 2.75) is 17.4 Å². The van der Waals surface area contributed by atoms with Crippen LogP contribution in [0.4, 0.5) is 0 Å². The van der Waals surface area contributed by atoms with Crippen molar-refractivity contribution in [3.8, 4) is 0 Å². The average Bonchev–Trinajstić information content (AvgIpc) is 2.49. The van der Waals surface area contributed by atoms with Gasteiger partial charge in [0.25, 0.3) is 0 Å². The van der Waals surface area contributed by atoms with Crippen molar-refractivity contribution < 1.29 is 22.7 Å². The predicted molar refractivity (Wildman–Crippen MR) is 73.8 cm³/mol. The maximum absolute atomic E-state index is 12.6. The molecule has 0 radical (unpaired) electrons. The zero-order chi connectivity index (χ0) is 15.5. The summed E-state index contributed by atoms with van der Waals surface area (Å²) in [4.78, 5) is 23.4. The Morgan fingerprint density at radius 3 is 2.67 bits per heavy atom. The van der Waals surface area contributed by atoms with Gasteiger partial charge in [-0.05, 0) is 12.1 Å². The number of esters is 1. The third kappa shape index (κ3) is 3.22. The zero-order valence-corrected chi connectivity index (χ0v) is 12.3. The highest BCUT2D eigenvalue weighted by Gasteiger charge is 2.39. The number of nitrogens with one attached hydrogen (secondary N) is 1. The van der Waals surface area contributed by atoms with Crippen molar-refractivity contribution in [1.82, 2.24) is 9.62 Å². The average molecular weight is 312 g/mol. The maximum Gasteiger partial charge on any atom is 0.307 e. The number of rotatable bonds is 4. The zero-order valence-electron chi connectivity index (χ0n) is 11.5. The molecule has 114 valence electrons. The van der Waals surface area contributed by atoms with Gasteiger partial charge in [-0.2, -0.15) is 4.31 Å². The number of methoxy groups -OCH3 is 1. The molecule has 0 aliphatic carbocycles. The van der Waals surface area contributed by atoms with Gasteiger partial charge in [-0.15, -0.1) is 0 Å². The van der Waals surface area contributed by atoms with Crippen LogP contribution >= 0.6 is 0 Å². The van der Waals surface area contributed by atoms with Gasteiger partial charge in [-0.25, -0.2) is 8.42 Å². The largest absolute Gasteiger partial charge is 0.469 e. The number of benzene rings is 1. The van der Waals surface area contributed by atoms with E-state index in [-0.39, 0.29) is 24.4 Å². The summed E-state index contributed by atoms with van der Waals surface area (Å²) in [6.07, 6.45) is -0.311. The number of carbonyl (C=O) groups is 2. The van der Waals surface area contributed by atoms with Crippen molar-refractivity contribution in [2.75, 3.05) is 20.2 Å². The molecule has 2 rings (SSSR count). The fourth-order valence-electron chi connectivity index (χ4n) is 2.14. The van der Waals surface area contributed by atoms with Crippen LogP contribution in [0.3, 0.4) is 0 Å². The van der Waals surface area contributed by atoms with Gasteiger partial charge in [0.2, 0.25) is 15.9 Å². The molecule has 1 heterocycles. The molecule has 7 nitrogen and oxygen atoms in total. The van der Waals surface area contributed by atoms with Crippen molar-refractivity contribution in [3.05, 3.63) is 30.3 Å². The molecule has 1 fully saturated rings. The molecule has 0 aromatic heterocycles. The van der Waals surface area contributed by atoms with E-state index in [4.69, 9.17) is 0 Å². The molecule has 1 amide bonds. The first kappa shape index (κ1) is 15.5. The van der Waals surface area contributed by atoms with E-state index in [9.17, 15) is 18.0 Å². The van der Waals surface area contributed by atoms with E-state index in [1.807, 2.05) is 0 Å². The lowest BCUT2D eigenvalue weighted by atomic mass is 10.1. The van der Waals surface area contributed by atoms with Crippen LogP contribution in [0.5, 0.6) is 0 Å². The summed E-state index contributed by atoms with van der Waals surface area (Å²) in [7, 11) is -2.64. The van der Waals surface area contributed by atoms with E-state index in [2.05, 4.69) is 10.1 Å². The Bertz CT molecular complexity index is 629. The Morgan fingerprint density at radius 2 is 2.05 bits per heavy atom. The molecule has 1 aromatic rings. The number of nitrogens with zero attached hydrogens (tertiary/aromatic N) is 1. The SMILES string of the molecule is COC(=O)C[C@H]1C(=O)NCCN1S(=O)(=O)c1ccccc1. The summed E-state index contributed by atoms with van der Waals surface area (Å²) in [5, 5.41) is 2.56. The van der Waals surface area contributed by atoms with E-state index in [0.29, 0.717) is 0 Å². The van der Waals surface area contributed by atoms with Gasteiger partial charge in [0.05, 0.1) is 18.4 Å². The lowest BCUT2D eigenvalue weighted by Crippen LogP contribution is -2.57. The summed E-state index contributed by atoms with van der Waals surface area (Å²) in [6.45, 7) is 0.327. The fourth-order valence-corrected chi connectivity index (χ4v) is 3.75. The number of amides is 1. The molecule has 1 atom stereocenters. The van der Waals surface area contributed by atoms with Crippen LogP contribution in [-0.4, -0.2) is 50.8 Å². The Balaban J connectivity index is 2.34. The van der Waals surface area contributed by atoms with Gasteiger partial charge in [-0.3, -0.25) is 9.59 Å². The quantitative estimate of drug-likeness (QED) is 0.773. The number of carbonyl (C=O) groups excluding carboxylic acids is 2. The van der Waals surface area contributed by atoms with E-state index < -0.39 is 27.9 Å². The molecule has 1 aliphatic heterocycles. The number of hydrogen-bond donors (Lipinski definition) is 1. The van der Waals surface area contributed by atoms with Crippen LogP contribution in [0.25, 0.3) is 0 Å². The monoisotopic (exact) mass is 312 g/mol. The first-order chi connectivity index (χ1) is 9.96. The molecule has 8 heteroatoms. The first-order valence-electron chi connectivity index (χ1n) is 6.38. The van der Waals surface area contributed by atoms with Crippen LogP contribution in [0.2, 0.25) is 0 Å². The Morgan fingerprint density at radius 1 is 1.38 bits per heavy atom. The molecule has 0 spiro atoms. The molecule has 1 aliphatic rings. The fraction of sp³-hybridized carbons (Fsp3) is 0.385. The van der Waals surface area contributed by atoms with Crippen LogP contribution in [0.15, 0.2) is 35.2 Å². The molecule has 21 heavy (non-hydrogen) atoms. The normalized spacial score (nSPS) is 19.9. The molecule has 0 unspecified atom stereocenters. The van der Waals surface area contributed by atoms with Crippen molar-refractivity contribution in [2.24, 2.45) is 0 Å². The van der Waals surface area contributed by atoms with Crippen molar-refractivity contribution in [3.63, 3.8) is 0 Å². The summed E-state index contributed by atoms with van der Waals surface area (Å²) in [5.74, 6) is -1.13. The smallest absolute Gasteiger partial charge is 0.307 e. The highest BCUT2D eigenvalue weighted by molar-refractivity contribution is 7.89. The van der Waals surface area contributed by atoms with Crippen molar-refractivity contribution in [1.29, 1.82) is 0 Å². The molecular weight excluding hydrogens is 296 g/mol. The number of hydrogen-bond acceptors (Lipinski definition) is 5. The molecule has 0 saturated carbocycles. The molecule has 1 saturated heterocycles. The maximum atomic E-state index is 12.6. The number of piperazine rings is 1. The van der Waals surface area contributed by atoms with E-state index in [1.54, 1.807) is 18.2 Å². The summed E-state index contributed by atoms with van der Waals surface area (Å²) >= 11 is 0. The van der Waals surface area contributed by atoms with Crippen LogP contribution < -0.4 is 5.32 Å². The molecule has 1 aromatic carbocycles. The van der Waals surface area contributed by atoms with E-state index in [0.717, 1.165) is 4.31 Å². The lowest BCUT2D eigenvalue weighted by Gasteiger charge is -2.33. The van der Waals surface area contributed by atoms with Crippen LogP contribution in [-0.2, 0) is 24.3 Å². The highest BCUT2D eigenvalue weighted by Crippen LogP contribution is 2.21. The summed E-state index contributed by atoms with van der Waals surface area (Å²) < 4.78 is 30.8. The molecule has 1 N–H and O–H groups in total. The highest BCUT2D eigenvalue weighted by atomic mass is 32.2. The second-order valence-electron chi connectivity index (χ2n) is 4.52. The predicted octanol–water partition coefficient (Wildman–Crippen LogP) is -0.261.